The van der Waals surface area contributed by atoms with Gasteiger partial charge in [-0.15, -0.1) is 12.6 Å². The molecular formula is C9H18N3O2S+. The van der Waals surface area contributed by atoms with Crippen LogP contribution < -0.4 is 10.6 Å². The first-order valence-electron chi connectivity index (χ1n) is 4.74. The first-order valence-corrected chi connectivity index (χ1v) is 5.26. The molecule has 3 N–H and O–H groups in total. The Kier molecular flexibility index (Phi) is 3.51. The van der Waals surface area contributed by atoms with E-state index in [1.807, 2.05) is 21.1 Å². The van der Waals surface area contributed by atoms with Gasteiger partial charge in [0.15, 0.2) is 6.04 Å². The lowest BCUT2D eigenvalue weighted by Crippen LogP contribution is -2.50. The molecule has 5 nitrogen and oxygen atoms in total. The van der Waals surface area contributed by atoms with E-state index in [1.54, 1.807) is 6.20 Å². The lowest BCUT2D eigenvalue weighted by molar-refractivity contribution is -0.887. The van der Waals surface area contributed by atoms with Gasteiger partial charge in [-0.1, -0.05) is 0 Å². The fourth-order valence-electron chi connectivity index (χ4n) is 1.46. The summed E-state index contributed by atoms with van der Waals surface area (Å²) in [4.78, 5) is 11.1. The van der Waals surface area contributed by atoms with Gasteiger partial charge >= 0.3 is 5.97 Å². The molecule has 0 aromatic heterocycles. The lowest BCUT2D eigenvalue weighted by Gasteiger charge is -2.31. The third-order valence-corrected chi connectivity index (χ3v) is 2.65. The zero-order valence-corrected chi connectivity index (χ0v) is 10.1. The predicted molar refractivity (Wildman–Crippen MR) is 61.2 cm³/mol. The van der Waals surface area contributed by atoms with Gasteiger partial charge in [-0.2, -0.15) is 0 Å². The van der Waals surface area contributed by atoms with Crippen molar-refractivity contribution in [3.05, 3.63) is 11.9 Å². The van der Waals surface area contributed by atoms with Crippen LogP contribution in [0.25, 0.3) is 0 Å². The molecule has 0 radical (unpaired) electrons. The van der Waals surface area contributed by atoms with Crippen LogP contribution in [0.3, 0.4) is 0 Å². The Morgan fingerprint density at radius 1 is 1.67 bits per heavy atom. The number of nitrogens with zero attached hydrogens (tertiary/aromatic N) is 1. The zero-order chi connectivity index (χ0) is 11.6. The van der Waals surface area contributed by atoms with Crippen molar-refractivity contribution in [1.29, 1.82) is 0 Å². The van der Waals surface area contributed by atoms with Crippen LogP contribution in [0.4, 0.5) is 0 Å². The van der Waals surface area contributed by atoms with Gasteiger partial charge in [0, 0.05) is 11.9 Å². The Bertz CT molecular complexity index is 286. The Morgan fingerprint density at radius 3 is 2.60 bits per heavy atom. The van der Waals surface area contributed by atoms with Crippen LogP contribution in [-0.4, -0.2) is 48.2 Å². The first-order chi connectivity index (χ1) is 6.80. The van der Waals surface area contributed by atoms with E-state index < -0.39 is 12.0 Å². The van der Waals surface area contributed by atoms with Crippen molar-refractivity contribution in [3.63, 3.8) is 0 Å². The van der Waals surface area contributed by atoms with Crippen LogP contribution in [-0.2, 0) is 4.79 Å². The topological polar surface area (TPSA) is 61.4 Å². The second-order valence-electron chi connectivity index (χ2n) is 4.56. The first kappa shape index (κ1) is 12.2. The van der Waals surface area contributed by atoms with Gasteiger partial charge in [0.2, 0.25) is 0 Å². The fraction of sp³-hybridized carbons (Fsp3) is 0.667. The molecule has 6 heteroatoms. The number of rotatable bonds is 4. The van der Waals surface area contributed by atoms with E-state index in [4.69, 9.17) is 5.11 Å². The molecule has 0 saturated carbocycles. The number of thiol groups is 1. The Balaban J connectivity index is 2.64. The molecular weight excluding hydrogens is 214 g/mol. The number of quaternary nitrogens is 1. The standard InChI is InChI=1S/C9H17N3O2S/c1-12(2,3)7(8(13)14)4-6-5-10-9(15)11-6/h5,7,9-11H,4H2,1-3H3,(H-,13,14,15)/p+1/t7-,9?/m0/s1. The number of likely N-dealkylation sites (N-methyl/N-ethyl adjacent to an activating group) is 1. The molecule has 0 spiro atoms. The molecule has 1 rings (SSSR count). The van der Waals surface area contributed by atoms with Crippen LogP contribution in [0, 0.1) is 0 Å². The minimum absolute atomic E-state index is 0.109. The van der Waals surface area contributed by atoms with E-state index in [2.05, 4.69) is 23.3 Å². The average molecular weight is 232 g/mol. The molecule has 0 fully saturated rings. The minimum Gasteiger partial charge on any atom is -0.477 e. The second-order valence-corrected chi connectivity index (χ2v) is 5.07. The van der Waals surface area contributed by atoms with Crippen molar-refractivity contribution < 1.29 is 14.4 Å². The highest BCUT2D eigenvalue weighted by Crippen LogP contribution is 2.15. The normalized spacial score (nSPS) is 22.7. The molecule has 86 valence electrons. The van der Waals surface area contributed by atoms with Gasteiger partial charge in [-0.25, -0.2) is 4.79 Å². The van der Waals surface area contributed by atoms with E-state index in [9.17, 15) is 4.79 Å². The molecule has 1 aliphatic heterocycles. The maximum absolute atomic E-state index is 11.1. The van der Waals surface area contributed by atoms with Crippen LogP contribution >= 0.6 is 12.6 Å². The van der Waals surface area contributed by atoms with Crippen molar-refractivity contribution in [2.24, 2.45) is 0 Å². The molecule has 1 heterocycles. The Hall–Kier alpha value is -0.880. The fourth-order valence-corrected chi connectivity index (χ4v) is 1.70. The Labute approximate surface area is 95.1 Å². The minimum atomic E-state index is -0.784. The molecule has 0 aromatic carbocycles. The number of nitrogens with one attached hydrogen (secondary N) is 2. The van der Waals surface area contributed by atoms with Crippen molar-refractivity contribution in [2.75, 3.05) is 21.1 Å². The van der Waals surface area contributed by atoms with E-state index in [-0.39, 0.29) is 5.50 Å². The highest BCUT2D eigenvalue weighted by molar-refractivity contribution is 7.80. The number of hydrogen-bond donors (Lipinski definition) is 4. The summed E-state index contributed by atoms with van der Waals surface area (Å²) in [5.41, 5.74) is 0.775. The molecule has 1 aliphatic rings. The smallest absolute Gasteiger partial charge is 0.362 e. The van der Waals surface area contributed by atoms with Crippen LogP contribution in [0.1, 0.15) is 6.42 Å². The summed E-state index contributed by atoms with van der Waals surface area (Å²) >= 11 is 4.17. The van der Waals surface area contributed by atoms with Crippen LogP contribution in [0.5, 0.6) is 0 Å². The number of carboxylic acids is 1. The van der Waals surface area contributed by atoms with E-state index in [1.165, 1.54) is 0 Å². The molecule has 0 amide bonds. The molecule has 1 unspecified atom stereocenters. The monoisotopic (exact) mass is 232 g/mol. The van der Waals surface area contributed by atoms with Gasteiger partial charge in [0.05, 0.1) is 27.6 Å². The average Bonchev–Trinajstić information content (AvgIpc) is 2.44. The number of hydrogen-bond acceptors (Lipinski definition) is 4. The van der Waals surface area contributed by atoms with Crippen molar-refractivity contribution >= 4 is 18.6 Å². The summed E-state index contributed by atoms with van der Waals surface area (Å²) in [5, 5.41) is 15.1. The van der Waals surface area contributed by atoms with E-state index >= 15 is 0 Å². The maximum Gasteiger partial charge on any atom is 0.362 e. The summed E-state index contributed by atoms with van der Waals surface area (Å²) < 4.78 is 0.394. The SMILES string of the molecule is C[N+](C)(C)[C@@H](CC1=CNC(S)N1)C(=O)O. The van der Waals surface area contributed by atoms with E-state index in [0.29, 0.717) is 10.9 Å². The van der Waals surface area contributed by atoms with Gasteiger partial charge in [-0.3, -0.25) is 0 Å². The number of carboxylic acid groups (broad SMARTS) is 1. The molecule has 0 bridgehead atoms. The van der Waals surface area contributed by atoms with Gasteiger partial charge in [-0.05, 0) is 0 Å². The van der Waals surface area contributed by atoms with Crippen LogP contribution in [0.15, 0.2) is 11.9 Å². The summed E-state index contributed by atoms with van der Waals surface area (Å²) in [6, 6.07) is -0.454. The highest BCUT2D eigenvalue weighted by atomic mass is 32.1. The lowest BCUT2D eigenvalue weighted by atomic mass is 10.1. The molecule has 0 aromatic rings. The maximum atomic E-state index is 11.1. The summed E-state index contributed by atoms with van der Waals surface area (Å²) in [5.74, 6) is -0.784. The van der Waals surface area contributed by atoms with E-state index in [0.717, 1.165) is 5.70 Å². The second kappa shape index (κ2) is 4.32. The molecule has 0 saturated heterocycles. The van der Waals surface area contributed by atoms with Gasteiger partial charge < -0.3 is 20.2 Å². The van der Waals surface area contributed by atoms with Crippen LogP contribution in [0.2, 0.25) is 0 Å². The summed E-state index contributed by atoms with van der Waals surface area (Å²) in [7, 11) is 5.62. The van der Waals surface area contributed by atoms with Crippen molar-refractivity contribution in [1.82, 2.24) is 10.6 Å². The third-order valence-electron chi connectivity index (χ3n) is 2.37. The molecule has 15 heavy (non-hydrogen) atoms. The zero-order valence-electron chi connectivity index (χ0n) is 9.19. The van der Waals surface area contributed by atoms with Gasteiger partial charge in [0.1, 0.15) is 5.50 Å². The largest absolute Gasteiger partial charge is 0.477 e. The number of carbonyl (C=O) groups is 1. The molecule has 2 atom stereocenters. The summed E-state index contributed by atoms with van der Waals surface area (Å²) in [6.07, 6.45) is 2.26. The Morgan fingerprint density at radius 2 is 2.27 bits per heavy atom. The highest BCUT2D eigenvalue weighted by Gasteiger charge is 2.33. The molecule has 0 aliphatic carbocycles. The summed E-state index contributed by atoms with van der Waals surface area (Å²) in [6.45, 7) is 0. The van der Waals surface area contributed by atoms with Gasteiger partial charge in [0.25, 0.3) is 0 Å². The predicted octanol–water partition coefficient (Wildman–Crippen LogP) is -0.216. The third kappa shape index (κ3) is 3.32. The number of aliphatic carboxylic acids is 1. The quantitative estimate of drug-likeness (QED) is 0.400. The van der Waals surface area contributed by atoms with Crippen molar-refractivity contribution in [2.45, 2.75) is 18.0 Å². The van der Waals surface area contributed by atoms with Crippen molar-refractivity contribution in [3.8, 4) is 0 Å².